The van der Waals surface area contributed by atoms with Crippen LogP contribution in [-0.2, 0) is 18.2 Å². The van der Waals surface area contributed by atoms with E-state index in [9.17, 15) is 0 Å². The Balaban J connectivity index is 1.41. The predicted molar refractivity (Wildman–Crippen MR) is 108 cm³/mol. The minimum Gasteiger partial charge on any atom is -0.377 e. The number of nitrogens with zero attached hydrogens (tertiary/aromatic N) is 3. The van der Waals surface area contributed by atoms with Crippen LogP contribution < -0.4 is 10.6 Å². The molecule has 3 fully saturated rings. The molecule has 1 aromatic rings. The van der Waals surface area contributed by atoms with Gasteiger partial charge in [0.15, 0.2) is 5.96 Å². The monoisotopic (exact) mass is 373 g/mol. The second-order valence-corrected chi connectivity index (χ2v) is 8.90. The van der Waals surface area contributed by atoms with Gasteiger partial charge in [0.2, 0.25) is 0 Å². The number of nitrogens with one attached hydrogen (secondary N) is 2. The second-order valence-electron chi connectivity index (χ2n) is 8.90. The Kier molecular flexibility index (Phi) is 4.95. The molecule has 1 saturated heterocycles. The molecule has 4 unspecified atom stereocenters. The highest BCUT2D eigenvalue weighted by molar-refractivity contribution is 5.80. The van der Waals surface area contributed by atoms with E-state index in [1.54, 1.807) is 0 Å². The maximum absolute atomic E-state index is 6.11. The van der Waals surface area contributed by atoms with Gasteiger partial charge in [0.25, 0.3) is 0 Å². The Hall–Kier alpha value is -1.56. The van der Waals surface area contributed by atoms with Crippen molar-refractivity contribution in [1.29, 1.82) is 0 Å². The molecule has 0 bridgehead atoms. The molecular weight excluding hydrogens is 338 g/mol. The lowest BCUT2D eigenvalue weighted by Crippen LogP contribution is -2.69. The zero-order valence-corrected chi connectivity index (χ0v) is 17.5. The molecule has 0 aromatic carbocycles. The van der Waals surface area contributed by atoms with Crippen molar-refractivity contribution >= 4 is 5.96 Å². The maximum atomic E-state index is 6.11. The van der Waals surface area contributed by atoms with Gasteiger partial charge >= 0.3 is 0 Å². The minimum absolute atomic E-state index is 0.299. The molecule has 6 heteroatoms. The molecule has 2 N–H and O–H groups in total. The van der Waals surface area contributed by atoms with Crippen molar-refractivity contribution in [2.24, 2.45) is 23.4 Å². The third-order valence-electron chi connectivity index (χ3n) is 7.35. The SMILES string of the molecule is CN=C(NC(C)Cc1c(C)nn(C)c1C)NC1C2CCOC2C12CCCC2. The van der Waals surface area contributed by atoms with Gasteiger partial charge in [0.05, 0.1) is 11.8 Å². The van der Waals surface area contributed by atoms with Crippen molar-refractivity contribution in [2.75, 3.05) is 13.7 Å². The topological polar surface area (TPSA) is 63.5 Å². The maximum Gasteiger partial charge on any atom is 0.191 e. The summed E-state index contributed by atoms with van der Waals surface area (Å²) in [5, 5.41) is 12.0. The summed E-state index contributed by atoms with van der Waals surface area (Å²) < 4.78 is 8.09. The number of ether oxygens (including phenoxy) is 1. The fraction of sp³-hybridized carbons (Fsp3) is 0.810. The van der Waals surface area contributed by atoms with E-state index in [2.05, 4.69) is 41.5 Å². The van der Waals surface area contributed by atoms with Crippen LogP contribution in [0.15, 0.2) is 4.99 Å². The van der Waals surface area contributed by atoms with Crippen molar-refractivity contribution in [1.82, 2.24) is 20.4 Å². The summed E-state index contributed by atoms with van der Waals surface area (Å²) in [7, 11) is 3.90. The van der Waals surface area contributed by atoms with Crippen molar-refractivity contribution in [2.45, 2.75) is 77.5 Å². The standard InChI is InChI=1S/C21H35N5O/c1-13(12-17-14(2)25-26(5)15(17)3)23-20(22-4)24-18-16-8-11-27-19(16)21(18)9-6-7-10-21/h13,16,18-19H,6-12H2,1-5H3,(H2,22,23,24). The largest absolute Gasteiger partial charge is 0.377 e. The number of fused-ring (bicyclic) bond motifs is 2. The van der Waals surface area contributed by atoms with E-state index >= 15 is 0 Å². The predicted octanol–water partition coefficient (Wildman–Crippen LogP) is 2.48. The number of rotatable bonds is 4. The van der Waals surface area contributed by atoms with E-state index in [0.29, 0.717) is 29.5 Å². The summed E-state index contributed by atoms with van der Waals surface area (Å²) in [5.74, 6) is 1.59. The van der Waals surface area contributed by atoms with Crippen LogP contribution in [0.1, 0.15) is 56.0 Å². The summed E-state index contributed by atoms with van der Waals surface area (Å²) in [6.45, 7) is 7.40. The van der Waals surface area contributed by atoms with E-state index < -0.39 is 0 Å². The zero-order valence-electron chi connectivity index (χ0n) is 17.5. The van der Waals surface area contributed by atoms with Crippen LogP contribution >= 0.6 is 0 Å². The zero-order chi connectivity index (χ0) is 19.2. The summed E-state index contributed by atoms with van der Waals surface area (Å²) in [6.07, 6.45) is 7.90. The molecule has 150 valence electrons. The number of hydrogen-bond donors (Lipinski definition) is 2. The lowest BCUT2D eigenvalue weighted by Gasteiger charge is -2.57. The number of aliphatic imine (C=N–C) groups is 1. The van der Waals surface area contributed by atoms with Crippen molar-refractivity contribution in [3.63, 3.8) is 0 Å². The van der Waals surface area contributed by atoms with Gasteiger partial charge in [-0.15, -0.1) is 0 Å². The van der Waals surface area contributed by atoms with Gasteiger partial charge in [-0.05, 0) is 52.0 Å². The molecule has 1 aliphatic heterocycles. The molecule has 3 aliphatic rings. The first-order chi connectivity index (χ1) is 13.0. The van der Waals surface area contributed by atoms with Crippen LogP contribution in [0, 0.1) is 25.2 Å². The lowest BCUT2D eigenvalue weighted by molar-refractivity contribution is -0.125. The molecule has 0 radical (unpaired) electrons. The highest BCUT2D eigenvalue weighted by Crippen LogP contribution is 2.60. The third-order valence-corrected chi connectivity index (χ3v) is 7.35. The smallest absolute Gasteiger partial charge is 0.191 e. The van der Waals surface area contributed by atoms with Gasteiger partial charge in [-0.25, -0.2) is 0 Å². The molecule has 2 aliphatic carbocycles. The number of hydrogen-bond acceptors (Lipinski definition) is 3. The fourth-order valence-corrected chi connectivity index (χ4v) is 5.93. The minimum atomic E-state index is 0.299. The average molecular weight is 374 g/mol. The Morgan fingerprint density at radius 3 is 2.74 bits per heavy atom. The molecule has 2 saturated carbocycles. The second kappa shape index (κ2) is 7.12. The molecule has 1 spiro atoms. The van der Waals surface area contributed by atoms with Gasteiger partial charge in [-0.3, -0.25) is 9.67 Å². The van der Waals surface area contributed by atoms with Crippen molar-refractivity contribution < 1.29 is 4.74 Å². The first-order valence-corrected chi connectivity index (χ1v) is 10.6. The first kappa shape index (κ1) is 18.8. The van der Waals surface area contributed by atoms with E-state index in [1.807, 2.05) is 18.8 Å². The third kappa shape index (κ3) is 3.06. The van der Waals surface area contributed by atoms with Gasteiger partial charge in [-0.2, -0.15) is 5.10 Å². The first-order valence-electron chi connectivity index (χ1n) is 10.6. The summed E-state index contributed by atoms with van der Waals surface area (Å²) in [5.41, 5.74) is 4.06. The molecule has 4 rings (SSSR count). The van der Waals surface area contributed by atoms with Gasteiger partial charge in [0, 0.05) is 49.8 Å². The van der Waals surface area contributed by atoms with Crippen LogP contribution in [-0.4, -0.2) is 47.6 Å². The Morgan fingerprint density at radius 2 is 2.11 bits per heavy atom. The Morgan fingerprint density at radius 1 is 1.37 bits per heavy atom. The number of guanidine groups is 1. The quantitative estimate of drug-likeness (QED) is 0.629. The highest BCUT2D eigenvalue weighted by Gasteiger charge is 2.65. The van der Waals surface area contributed by atoms with E-state index in [4.69, 9.17) is 4.74 Å². The molecule has 1 aromatic heterocycles. The van der Waals surface area contributed by atoms with E-state index in [1.165, 1.54) is 43.4 Å². The Labute approximate surface area is 163 Å². The highest BCUT2D eigenvalue weighted by atomic mass is 16.5. The Bertz CT molecular complexity index is 718. The average Bonchev–Trinajstić information content (AvgIpc) is 3.34. The molecule has 4 atom stereocenters. The van der Waals surface area contributed by atoms with Crippen LogP contribution in [0.5, 0.6) is 0 Å². The van der Waals surface area contributed by atoms with Crippen molar-refractivity contribution in [3.05, 3.63) is 17.0 Å². The molecular formula is C21H35N5O. The van der Waals surface area contributed by atoms with Gasteiger partial charge < -0.3 is 15.4 Å². The molecule has 2 heterocycles. The molecule has 0 amide bonds. The molecule has 27 heavy (non-hydrogen) atoms. The van der Waals surface area contributed by atoms with E-state index in [0.717, 1.165) is 24.7 Å². The number of aryl methyl sites for hydroxylation is 2. The van der Waals surface area contributed by atoms with Crippen molar-refractivity contribution in [3.8, 4) is 0 Å². The molecule has 6 nitrogen and oxygen atoms in total. The van der Waals surface area contributed by atoms with Gasteiger partial charge in [0.1, 0.15) is 0 Å². The normalized spacial score (nSPS) is 30.3. The summed E-state index contributed by atoms with van der Waals surface area (Å²) in [4.78, 5) is 4.54. The van der Waals surface area contributed by atoms with Crippen LogP contribution in [0.2, 0.25) is 0 Å². The lowest BCUT2D eigenvalue weighted by atomic mass is 9.54. The van der Waals surface area contributed by atoms with E-state index in [-0.39, 0.29) is 0 Å². The number of aromatic nitrogens is 2. The summed E-state index contributed by atoms with van der Waals surface area (Å²) in [6, 6.07) is 0.806. The van der Waals surface area contributed by atoms with Gasteiger partial charge in [-0.1, -0.05) is 12.8 Å². The van der Waals surface area contributed by atoms with Crippen LogP contribution in [0.25, 0.3) is 0 Å². The fourth-order valence-electron chi connectivity index (χ4n) is 5.93. The van der Waals surface area contributed by atoms with Crippen LogP contribution in [0.3, 0.4) is 0 Å². The summed E-state index contributed by atoms with van der Waals surface area (Å²) >= 11 is 0. The van der Waals surface area contributed by atoms with Crippen LogP contribution in [0.4, 0.5) is 0 Å².